The van der Waals surface area contributed by atoms with Crippen molar-refractivity contribution in [1.82, 2.24) is 0 Å². The van der Waals surface area contributed by atoms with Gasteiger partial charge in [-0.05, 0) is 12.1 Å². The second-order valence-electron chi connectivity index (χ2n) is 4.10. The molecule has 0 radical (unpaired) electrons. The molecular weight excluding hydrogens is 381 g/mol. The lowest BCUT2D eigenvalue weighted by atomic mass is 10.1. The van der Waals surface area contributed by atoms with Gasteiger partial charge in [0.05, 0.1) is 0 Å². The summed E-state index contributed by atoms with van der Waals surface area (Å²) < 4.78 is 75.8. The van der Waals surface area contributed by atoms with Crippen LogP contribution in [0.1, 0.15) is 0 Å². The summed E-state index contributed by atoms with van der Waals surface area (Å²) in [6, 6.07) is 2.42. The number of alkyl halides is 7. The quantitative estimate of drug-likeness (QED) is 0.424. The van der Waals surface area contributed by atoms with Gasteiger partial charge in [0.1, 0.15) is 5.69 Å². The van der Waals surface area contributed by atoms with E-state index in [4.69, 9.17) is 16.8 Å². The molecule has 0 saturated carbocycles. The average molecular weight is 387 g/mol. The van der Waals surface area contributed by atoms with Crippen LogP contribution in [0.15, 0.2) is 18.2 Å². The molecule has 130 valence electrons. The molecule has 0 bridgehead atoms. The highest BCUT2D eigenvalue weighted by Gasteiger charge is 2.75. The zero-order chi connectivity index (χ0) is 18.2. The second-order valence-corrected chi connectivity index (χ2v) is 5.11. The second kappa shape index (κ2) is 6.32. The first-order chi connectivity index (χ1) is 10.2. The Kier molecular flexibility index (Phi) is 5.43. The van der Waals surface area contributed by atoms with Crippen molar-refractivity contribution in [2.75, 3.05) is 5.32 Å². The first-order valence-corrected chi connectivity index (χ1v) is 6.14. The van der Waals surface area contributed by atoms with Gasteiger partial charge >= 0.3 is 17.2 Å². The van der Waals surface area contributed by atoms with E-state index in [1.54, 1.807) is 0 Å². The molecule has 0 aliphatic carbocycles. The number of hydrogen-bond donors (Lipinski definition) is 3. The van der Waals surface area contributed by atoms with Gasteiger partial charge in [-0.2, -0.15) is 31.6 Å². The maximum absolute atomic E-state index is 12.6. The zero-order valence-corrected chi connectivity index (χ0v) is 12.0. The molecule has 0 aromatic heterocycles. The molecule has 3 N–H and O–H groups in total. The van der Waals surface area contributed by atoms with Gasteiger partial charge in [0.25, 0.3) is 5.91 Å². The average Bonchev–Trinajstić information content (AvgIpc) is 2.36. The maximum atomic E-state index is 12.6. The molecule has 0 fully saturated rings. The van der Waals surface area contributed by atoms with E-state index >= 15 is 0 Å². The van der Waals surface area contributed by atoms with Crippen molar-refractivity contribution >= 4 is 40.5 Å². The number of carbonyl (C=O) groups is 1. The highest BCUT2D eigenvalue weighted by molar-refractivity contribution is 6.38. The molecule has 1 aromatic carbocycles. The molecule has 0 aliphatic rings. The van der Waals surface area contributed by atoms with Gasteiger partial charge in [-0.3, -0.25) is 4.79 Å². The Labute approximate surface area is 133 Å². The van der Waals surface area contributed by atoms with Crippen LogP contribution in [0, 0.1) is 5.21 Å². The maximum Gasteiger partial charge on any atom is 0.425 e. The molecule has 0 spiro atoms. The van der Waals surface area contributed by atoms with Crippen LogP contribution in [0.3, 0.4) is 0 Å². The van der Waals surface area contributed by atoms with Crippen molar-refractivity contribution in [2.24, 2.45) is 0 Å². The van der Waals surface area contributed by atoms with Crippen LogP contribution in [0.25, 0.3) is 0 Å². The fourth-order valence-electron chi connectivity index (χ4n) is 1.43. The lowest BCUT2D eigenvalue weighted by Gasteiger charge is -2.30. The third-order valence-corrected chi connectivity index (χ3v) is 3.39. The van der Waals surface area contributed by atoms with Gasteiger partial charge in [0.2, 0.25) is 0 Å². The summed E-state index contributed by atoms with van der Waals surface area (Å²) in [6.07, 6.45) is -12.3. The lowest BCUT2D eigenvalue weighted by molar-refractivity contribution is -0.990. The van der Waals surface area contributed by atoms with E-state index < -0.39 is 39.7 Å². The molecular formula is C10H6Cl2F6N2O3. The SMILES string of the molecule is O=C(Nc1ccc(Cl)cc1[NH+]([O-])O)C(Cl)(C(F)(F)F)C(F)(F)F. The number of amides is 1. The van der Waals surface area contributed by atoms with Crippen molar-refractivity contribution in [3.05, 3.63) is 28.4 Å². The Balaban J connectivity index is 3.31. The zero-order valence-electron chi connectivity index (χ0n) is 10.5. The van der Waals surface area contributed by atoms with Crippen molar-refractivity contribution < 1.29 is 41.6 Å². The molecule has 23 heavy (non-hydrogen) atoms. The normalized spacial score (nSPS) is 14.5. The molecule has 1 aromatic rings. The minimum atomic E-state index is -6.17. The number of rotatable bonds is 3. The van der Waals surface area contributed by atoms with E-state index in [1.165, 1.54) is 5.32 Å². The van der Waals surface area contributed by atoms with Gasteiger partial charge in [-0.25, -0.2) is 5.21 Å². The molecule has 1 unspecified atom stereocenters. The molecule has 0 saturated heterocycles. The largest absolute Gasteiger partial charge is 0.595 e. The summed E-state index contributed by atoms with van der Waals surface area (Å²) in [4.78, 5) is 6.24. The summed E-state index contributed by atoms with van der Waals surface area (Å²) >= 11 is 9.99. The third kappa shape index (κ3) is 3.80. The Hall–Kier alpha value is -1.27. The first-order valence-electron chi connectivity index (χ1n) is 5.38. The van der Waals surface area contributed by atoms with Gasteiger partial charge in [0, 0.05) is 11.1 Å². The van der Waals surface area contributed by atoms with E-state index in [2.05, 4.69) is 11.6 Å². The third-order valence-electron chi connectivity index (χ3n) is 2.55. The predicted octanol–water partition coefficient (Wildman–Crippen LogP) is 2.78. The minimum Gasteiger partial charge on any atom is -0.595 e. The predicted molar refractivity (Wildman–Crippen MR) is 66.6 cm³/mol. The monoisotopic (exact) mass is 386 g/mol. The van der Waals surface area contributed by atoms with Gasteiger partial charge < -0.3 is 10.5 Å². The van der Waals surface area contributed by atoms with E-state index in [1.807, 2.05) is 0 Å². The first kappa shape index (κ1) is 19.8. The van der Waals surface area contributed by atoms with Crippen molar-refractivity contribution in [2.45, 2.75) is 17.2 Å². The topological polar surface area (TPSA) is 76.8 Å². The molecule has 1 atom stereocenters. The molecule has 5 nitrogen and oxygen atoms in total. The van der Waals surface area contributed by atoms with E-state index in [0.717, 1.165) is 18.2 Å². The number of nitrogens with one attached hydrogen (secondary N) is 2. The molecule has 0 aliphatic heterocycles. The van der Waals surface area contributed by atoms with Gasteiger partial charge in [-0.1, -0.05) is 23.2 Å². The number of hydrogen-bond acceptors (Lipinski definition) is 3. The Bertz CT molecular complexity index is 591. The van der Waals surface area contributed by atoms with Crippen LogP contribution in [0.2, 0.25) is 5.02 Å². The summed E-state index contributed by atoms with van der Waals surface area (Å²) in [6.45, 7) is 0. The van der Waals surface area contributed by atoms with Crippen LogP contribution in [-0.4, -0.2) is 28.3 Å². The highest BCUT2D eigenvalue weighted by Crippen LogP contribution is 2.48. The fraction of sp³-hybridized carbons (Fsp3) is 0.300. The molecule has 13 heteroatoms. The van der Waals surface area contributed by atoms with Gasteiger partial charge in [0.15, 0.2) is 5.69 Å². The number of anilines is 1. The molecule has 1 amide bonds. The number of benzene rings is 1. The Morgan fingerprint density at radius 3 is 2.04 bits per heavy atom. The lowest BCUT2D eigenvalue weighted by Crippen LogP contribution is -2.99. The standard InChI is InChI=1S/C10H6Cl2F6N2O3/c11-4-1-2-5(6(3-4)20(22)23)19-7(21)8(12,9(13,14)15)10(16,17)18/h1-3,20,22H,(H,19,21). The Morgan fingerprint density at radius 1 is 1.17 bits per heavy atom. The number of carbonyl (C=O) groups excluding carboxylic acids is 1. The number of quaternary nitrogens is 1. The van der Waals surface area contributed by atoms with Crippen LogP contribution < -0.4 is 10.5 Å². The van der Waals surface area contributed by atoms with Crippen molar-refractivity contribution in [3.63, 3.8) is 0 Å². The van der Waals surface area contributed by atoms with Crippen molar-refractivity contribution in [1.29, 1.82) is 0 Å². The highest BCUT2D eigenvalue weighted by atomic mass is 35.5. The summed E-state index contributed by atoms with van der Waals surface area (Å²) in [5, 5.41) is 19.1. The Morgan fingerprint density at radius 2 is 1.65 bits per heavy atom. The van der Waals surface area contributed by atoms with Crippen molar-refractivity contribution in [3.8, 4) is 0 Å². The van der Waals surface area contributed by atoms with E-state index in [0.29, 0.717) is 0 Å². The van der Waals surface area contributed by atoms with Crippen LogP contribution >= 0.6 is 23.2 Å². The summed E-state index contributed by atoms with van der Waals surface area (Å²) in [7, 11) is 0. The van der Waals surface area contributed by atoms with E-state index in [-0.39, 0.29) is 5.02 Å². The summed E-state index contributed by atoms with van der Waals surface area (Å²) in [5.74, 6) is -2.69. The van der Waals surface area contributed by atoms with E-state index in [9.17, 15) is 36.3 Å². The molecule has 0 heterocycles. The number of halogens is 8. The minimum absolute atomic E-state index is 0.163. The van der Waals surface area contributed by atoms with Gasteiger partial charge in [-0.15, -0.1) is 0 Å². The smallest absolute Gasteiger partial charge is 0.425 e. The van der Waals surface area contributed by atoms with Crippen LogP contribution in [0.4, 0.5) is 37.7 Å². The van der Waals surface area contributed by atoms with Crippen LogP contribution in [-0.2, 0) is 4.79 Å². The fourth-order valence-corrected chi connectivity index (χ4v) is 1.65. The van der Waals surface area contributed by atoms with Crippen LogP contribution in [0.5, 0.6) is 0 Å². The molecule has 1 rings (SSSR count). The summed E-state index contributed by atoms with van der Waals surface area (Å²) in [5.41, 5.74) is -1.64.